The third-order valence-electron chi connectivity index (χ3n) is 4.19. The number of nitrogens with zero attached hydrogens (tertiary/aromatic N) is 2. The van der Waals surface area contributed by atoms with E-state index in [9.17, 15) is 4.79 Å². The fourth-order valence-corrected chi connectivity index (χ4v) is 2.78. The zero-order valence-corrected chi connectivity index (χ0v) is 16.0. The fourth-order valence-electron chi connectivity index (χ4n) is 2.65. The van der Waals surface area contributed by atoms with Crippen molar-refractivity contribution in [3.8, 4) is 0 Å². The lowest BCUT2D eigenvalue weighted by Gasteiger charge is -2.26. The van der Waals surface area contributed by atoms with Crippen molar-refractivity contribution in [2.45, 2.75) is 12.5 Å². The molecule has 0 spiro atoms. The Morgan fingerprint density at radius 3 is 2.12 bits per heavy atom. The minimum atomic E-state index is 0.0130. The number of hydrogen-bond donors (Lipinski definition) is 1. The van der Waals surface area contributed by atoms with Gasteiger partial charge in [-0.2, -0.15) is 0 Å². The maximum atomic E-state index is 12.2. The molecular weight excluding hydrogens is 334 g/mol. The number of halogens is 1. The van der Waals surface area contributed by atoms with Gasteiger partial charge >= 0.3 is 0 Å². The number of rotatable bonds is 7. The molecule has 0 fully saturated rings. The molecule has 0 bridgehead atoms. The summed E-state index contributed by atoms with van der Waals surface area (Å²) in [7, 11) is 8.09. The summed E-state index contributed by atoms with van der Waals surface area (Å²) >= 11 is 5.88. The predicted octanol–water partition coefficient (Wildman–Crippen LogP) is 3.37. The van der Waals surface area contributed by atoms with Crippen molar-refractivity contribution in [1.82, 2.24) is 10.2 Å². The Hall–Kier alpha value is -2.04. The Labute approximate surface area is 155 Å². The maximum absolute atomic E-state index is 12.2. The molecule has 134 valence electrons. The van der Waals surface area contributed by atoms with E-state index in [0.717, 1.165) is 11.3 Å². The molecule has 5 heteroatoms. The highest BCUT2D eigenvalue weighted by Gasteiger charge is 2.15. The van der Waals surface area contributed by atoms with Crippen molar-refractivity contribution in [3.05, 3.63) is 64.7 Å². The van der Waals surface area contributed by atoms with Gasteiger partial charge in [0.1, 0.15) is 0 Å². The summed E-state index contributed by atoms with van der Waals surface area (Å²) in [4.78, 5) is 16.4. The summed E-state index contributed by atoms with van der Waals surface area (Å²) in [6.45, 7) is 0.570. The Morgan fingerprint density at radius 2 is 1.60 bits per heavy atom. The zero-order valence-electron chi connectivity index (χ0n) is 15.3. The van der Waals surface area contributed by atoms with Gasteiger partial charge in [0.25, 0.3) is 0 Å². The topological polar surface area (TPSA) is 35.6 Å². The first-order valence-electron chi connectivity index (χ1n) is 8.31. The third kappa shape index (κ3) is 5.76. The summed E-state index contributed by atoms with van der Waals surface area (Å²) in [5.41, 5.74) is 3.30. The highest BCUT2D eigenvalue weighted by Crippen LogP contribution is 2.21. The first-order chi connectivity index (χ1) is 11.9. The van der Waals surface area contributed by atoms with E-state index in [-0.39, 0.29) is 11.9 Å². The summed E-state index contributed by atoms with van der Waals surface area (Å²) in [6.07, 6.45) is 0.358. The van der Waals surface area contributed by atoms with Crippen molar-refractivity contribution >= 4 is 23.2 Å². The van der Waals surface area contributed by atoms with Crippen LogP contribution < -0.4 is 10.2 Å². The van der Waals surface area contributed by atoms with Crippen LogP contribution in [0.5, 0.6) is 0 Å². The van der Waals surface area contributed by atoms with Crippen molar-refractivity contribution < 1.29 is 4.79 Å². The molecule has 25 heavy (non-hydrogen) atoms. The number of hydrogen-bond acceptors (Lipinski definition) is 3. The van der Waals surface area contributed by atoms with E-state index in [1.54, 1.807) is 12.1 Å². The number of likely N-dealkylation sites (N-methyl/N-ethyl adjacent to an activating group) is 1. The molecule has 0 heterocycles. The van der Waals surface area contributed by atoms with Crippen molar-refractivity contribution in [2.75, 3.05) is 39.6 Å². The average Bonchev–Trinajstić information content (AvgIpc) is 2.57. The predicted molar refractivity (Wildman–Crippen MR) is 105 cm³/mol. The third-order valence-corrected chi connectivity index (χ3v) is 4.44. The largest absolute Gasteiger partial charge is 0.378 e. The Balaban J connectivity index is 1.96. The molecule has 2 rings (SSSR count). The molecule has 0 aliphatic heterocycles. The van der Waals surface area contributed by atoms with E-state index in [0.29, 0.717) is 18.0 Å². The molecule has 1 amide bonds. The van der Waals surface area contributed by atoms with E-state index in [2.05, 4.69) is 39.4 Å². The summed E-state index contributed by atoms with van der Waals surface area (Å²) in [5, 5.41) is 3.72. The van der Waals surface area contributed by atoms with Crippen molar-refractivity contribution in [1.29, 1.82) is 0 Å². The van der Waals surface area contributed by atoms with Crippen LogP contribution in [0.2, 0.25) is 5.02 Å². The van der Waals surface area contributed by atoms with E-state index >= 15 is 0 Å². The van der Waals surface area contributed by atoms with E-state index in [4.69, 9.17) is 11.6 Å². The molecule has 0 saturated carbocycles. The maximum Gasteiger partial charge on any atom is 0.224 e. The standard InChI is InChI=1S/C20H26ClN3O/c1-23(2)18-11-7-16(8-12-18)19(24(3)4)14-22-20(25)13-15-5-9-17(21)10-6-15/h5-12,19H,13-14H2,1-4H3,(H,22,25). The number of carbonyl (C=O) groups excluding carboxylic acids is 1. The van der Waals surface area contributed by atoms with Crippen LogP contribution in [-0.4, -0.2) is 45.5 Å². The summed E-state index contributed by atoms with van der Waals surface area (Å²) < 4.78 is 0. The van der Waals surface area contributed by atoms with E-state index in [1.165, 1.54) is 5.56 Å². The lowest BCUT2D eigenvalue weighted by atomic mass is 10.0. The number of anilines is 1. The van der Waals surface area contributed by atoms with Crippen LogP contribution in [0.15, 0.2) is 48.5 Å². The lowest BCUT2D eigenvalue weighted by molar-refractivity contribution is -0.120. The number of benzene rings is 2. The van der Waals surface area contributed by atoms with Gasteiger partial charge in [-0.05, 0) is 49.5 Å². The molecule has 2 aromatic rings. The molecule has 4 nitrogen and oxygen atoms in total. The van der Waals surface area contributed by atoms with Gasteiger partial charge in [-0.1, -0.05) is 35.9 Å². The molecule has 0 radical (unpaired) electrons. The van der Waals surface area contributed by atoms with Crippen LogP contribution >= 0.6 is 11.6 Å². The molecule has 0 aliphatic carbocycles. The quantitative estimate of drug-likeness (QED) is 0.823. The van der Waals surface area contributed by atoms with Crippen LogP contribution in [0.1, 0.15) is 17.2 Å². The summed E-state index contributed by atoms with van der Waals surface area (Å²) in [5.74, 6) is 0.0130. The van der Waals surface area contributed by atoms with Gasteiger partial charge < -0.3 is 15.1 Å². The molecule has 0 saturated heterocycles. The highest BCUT2D eigenvalue weighted by atomic mass is 35.5. The number of amides is 1. The van der Waals surface area contributed by atoms with Crippen molar-refractivity contribution in [2.24, 2.45) is 0 Å². The van der Waals surface area contributed by atoms with Gasteiger partial charge in [0, 0.05) is 31.4 Å². The second-order valence-electron chi connectivity index (χ2n) is 6.57. The molecule has 0 aliphatic rings. The minimum Gasteiger partial charge on any atom is -0.378 e. The van der Waals surface area contributed by atoms with E-state index in [1.807, 2.05) is 40.3 Å². The summed E-state index contributed by atoms with van der Waals surface area (Å²) in [6, 6.07) is 15.9. The Bertz CT molecular complexity index is 681. The first-order valence-corrected chi connectivity index (χ1v) is 8.69. The van der Waals surface area contributed by atoms with Crippen LogP contribution in [0, 0.1) is 0 Å². The molecule has 1 atom stereocenters. The van der Waals surface area contributed by atoms with Gasteiger partial charge in [-0.15, -0.1) is 0 Å². The fraction of sp³-hybridized carbons (Fsp3) is 0.350. The molecule has 1 N–H and O–H groups in total. The Kier molecular flexibility index (Phi) is 6.85. The van der Waals surface area contributed by atoms with Gasteiger partial charge in [-0.25, -0.2) is 0 Å². The van der Waals surface area contributed by atoms with Crippen LogP contribution in [0.25, 0.3) is 0 Å². The second-order valence-corrected chi connectivity index (χ2v) is 7.01. The van der Waals surface area contributed by atoms with Crippen molar-refractivity contribution in [3.63, 3.8) is 0 Å². The van der Waals surface area contributed by atoms with Crippen LogP contribution in [-0.2, 0) is 11.2 Å². The Morgan fingerprint density at radius 1 is 1.00 bits per heavy atom. The molecule has 2 aromatic carbocycles. The minimum absolute atomic E-state index is 0.0130. The zero-order chi connectivity index (χ0) is 18.4. The first kappa shape index (κ1) is 19.3. The number of carbonyl (C=O) groups is 1. The van der Waals surface area contributed by atoms with E-state index < -0.39 is 0 Å². The number of nitrogens with one attached hydrogen (secondary N) is 1. The smallest absolute Gasteiger partial charge is 0.224 e. The monoisotopic (exact) mass is 359 g/mol. The van der Waals surface area contributed by atoms with Gasteiger partial charge in [0.05, 0.1) is 12.5 Å². The second kappa shape index (κ2) is 8.88. The van der Waals surface area contributed by atoms with Crippen LogP contribution in [0.3, 0.4) is 0 Å². The SMILES string of the molecule is CN(C)c1ccc(C(CNC(=O)Cc2ccc(Cl)cc2)N(C)C)cc1. The lowest BCUT2D eigenvalue weighted by Crippen LogP contribution is -2.35. The van der Waals surface area contributed by atoms with Gasteiger partial charge in [-0.3, -0.25) is 4.79 Å². The van der Waals surface area contributed by atoms with Crippen LogP contribution in [0.4, 0.5) is 5.69 Å². The normalized spacial score (nSPS) is 12.1. The van der Waals surface area contributed by atoms with Gasteiger partial charge in [0.15, 0.2) is 0 Å². The highest BCUT2D eigenvalue weighted by molar-refractivity contribution is 6.30. The average molecular weight is 360 g/mol. The molecule has 1 unspecified atom stereocenters. The molecular formula is C20H26ClN3O. The van der Waals surface area contributed by atoms with Gasteiger partial charge in [0.2, 0.25) is 5.91 Å². The molecule has 0 aromatic heterocycles.